The summed E-state index contributed by atoms with van der Waals surface area (Å²) < 4.78 is 5.79. The summed E-state index contributed by atoms with van der Waals surface area (Å²) in [5, 5.41) is 1.09. The normalized spacial score (nSPS) is 28.3. The van der Waals surface area contributed by atoms with E-state index in [-0.39, 0.29) is 23.9 Å². The van der Waals surface area contributed by atoms with Crippen molar-refractivity contribution in [3.63, 3.8) is 0 Å². The third kappa shape index (κ3) is 3.51. The van der Waals surface area contributed by atoms with Crippen LogP contribution in [-0.2, 0) is 11.2 Å². The zero-order valence-corrected chi connectivity index (χ0v) is 20.6. The summed E-state index contributed by atoms with van der Waals surface area (Å²) in [6.45, 7) is 7.87. The molecule has 0 saturated carbocycles. The third-order valence-corrected chi connectivity index (χ3v) is 8.25. The van der Waals surface area contributed by atoms with E-state index in [1.54, 1.807) is 0 Å². The van der Waals surface area contributed by atoms with Crippen molar-refractivity contribution >= 4 is 22.8 Å². The molecule has 6 rings (SSSR count). The number of benzene rings is 1. The van der Waals surface area contributed by atoms with Gasteiger partial charge in [0.1, 0.15) is 11.3 Å². The predicted molar refractivity (Wildman–Crippen MR) is 135 cm³/mol. The number of hydrogen-bond donors (Lipinski definition) is 1. The molecule has 1 aromatic carbocycles. The van der Waals surface area contributed by atoms with Crippen molar-refractivity contribution in [2.24, 2.45) is 5.92 Å². The molecular formula is C28H34N4O3. The van der Waals surface area contributed by atoms with E-state index in [1.807, 2.05) is 30.9 Å². The van der Waals surface area contributed by atoms with E-state index < -0.39 is 5.54 Å². The van der Waals surface area contributed by atoms with Gasteiger partial charge in [0.15, 0.2) is 0 Å². The van der Waals surface area contributed by atoms with Gasteiger partial charge >= 0.3 is 6.03 Å². The summed E-state index contributed by atoms with van der Waals surface area (Å²) in [6, 6.07) is 5.73. The molecule has 3 aliphatic heterocycles. The number of aromatic nitrogens is 1. The predicted octanol–water partition coefficient (Wildman–Crippen LogP) is 4.41. The smallest absolute Gasteiger partial charge is 0.328 e. The quantitative estimate of drug-likeness (QED) is 0.630. The number of nitrogens with one attached hydrogen (secondary N) is 1. The van der Waals surface area contributed by atoms with Gasteiger partial charge in [0.25, 0.3) is 5.91 Å². The molecule has 3 amide bonds. The van der Waals surface area contributed by atoms with E-state index in [1.165, 1.54) is 17.7 Å². The molecule has 4 heterocycles. The van der Waals surface area contributed by atoms with E-state index in [0.29, 0.717) is 19.6 Å². The van der Waals surface area contributed by atoms with Crippen molar-refractivity contribution in [1.82, 2.24) is 19.7 Å². The molecule has 0 radical (unpaired) electrons. The van der Waals surface area contributed by atoms with E-state index in [2.05, 4.69) is 40.3 Å². The Balaban J connectivity index is 1.42. The fraction of sp³-hybridized carbons (Fsp3) is 0.500. The van der Waals surface area contributed by atoms with Crippen LogP contribution in [0.2, 0.25) is 0 Å². The van der Waals surface area contributed by atoms with Crippen LogP contribution in [0.3, 0.4) is 0 Å². The fourth-order valence-corrected chi connectivity index (χ4v) is 6.51. The number of carbonyl (C=O) groups is 2. The molecule has 1 aromatic heterocycles. The lowest BCUT2D eigenvalue weighted by Crippen LogP contribution is -2.54. The number of fused-ring (bicyclic) bond motifs is 4. The highest BCUT2D eigenvalue weighted by Gasteiger charge is 2.60. The molecular weight excluding hydrogens is 440 g/mol. The topological polar surface area (TPSA) is 68.9 Å². The van der Waals surface area contributed by atoms with E-state index >= 15 is 0 Å². The zero-order valence-electron chi connectivity index (χ0n) is 20.6. The second-order valence-corrected chi connectivity index (χ2v) is 10.4. The van der Waals surface area contributed by atoms with Crippen molar-refractivity contribution in [1.29, 1.82) is 0 Å². The Morgan fingerprint density at radius 1 is 1.14 bits per heavy atom. The van der Waals surface area contributed by atoms with Gasteiger partial charge < -0.3 is 19.5 Å². The van der Waals surface area contributed by atoms with Crippen molar-refractivity contribution < 1.29 is 14.3 Å². The number of hydrogen-bond acceptors (Lipinski definition) is 4. The lowest BCUT2D eigenvalue weighted by molar-refractivity contribution is -0.133. The number of likely N-dealkylation sites (tertiary alicyclic amines) is 1. The van der Waals surface area contributed by atoms with Gasteiger partial charge in [0.05, 0.1) is 12.6 Å². The number of ether oxygens (including phenoxy) is 1. The van der Waals surface area contributed by atoms with Gasteiger partial charge in [-0.15, -0.1) is 0 Å². The lowest BCUT2D eigenvalue weighted by atomic mass is 9.78. The van der Waals surface area contributed by atoms with Gasteiger partial charge in [0, 0.05) is 42.0 Å². The highest BCUT2D eigenvalue weighted by molar-refractivity contribution is 6.08. The second kappa shape index (κ2) is 8.55. The molecule has 7 heteroatoms. The van der Waals surface area contributed by atoms with Crippen LogP contribution in [0, 0.1) is 5.92 Å². The number of imide groups is 1. The summed E-state index contributed by atoms with van der Waals surface area (Å²) >= 11 is 0. The fourth-order valence-electron chi connectivity index (χ4n) is 6.51. The average molecular weight is 475 g/mol. The SMILES string of the molecule is CCOc1ccc2[nH]c3c(c2c1)C[C@@]1(C)C(=O)N(CCN2CCCC2)C(=O)N1[C@@H]3C1C=CC=CC1. The Bertz CT molecular complexity index is 1220. The van der Waals surface area contributed by atoms with Crippen LogP contribution in [0.4, 0.5) is 4.79 Å². The van der Waals surface area contributed by atoms with Crippen LogP contribution in [0.1, 0.15) is 50.4 Å². The largest absolute Gasteiger partial charge is 0.494 e. The molecule has 35 heavy (non-hydrogen) atoms. The van der Waals surface area contributed by atoms with Gasteiger partial charge in [-0.2, -0.15) is 0 Å². The number of rotatable bonds is 6. The van der Waals surface area contributed by atoms with Gasteiger partial charge in [-0.05, 0) is 70.0 Å². The van der Waals surface area contributed by atoms with Crippen molar-refractivity contribution in [2.45, 2.75) is 51.1 Å². The molecule has 2 fully saturated rings. The zero-order chi connectivity index (χ0) is 24.2. The van der Waals surface area contributed by atoms with Crippen LogP contribution in [0.5, 0.6) is 5.75 Å². The summed E-state index contributed by atoms with van der Waals surface area (Å²) in [5.41, 5.74) is 2.31. The van der Waals surface area contributed by atoms with Crippen LogP contribution < -0.4 is 4.74 Å². The Morgan fingerprint density at radius 2 is 1.97 bits per heavy atom. The highest BCUT2D eigenvalue weighted by Crippen LogP contribution is 2.50. The maximum Gasteiger partial charge on any atom is 0.328 e. The first-order valence-corrected chi connectivity index (χ1v) is 13.0. The van der Waals surface area contributed by atoms with Crippen molar-refractivity contribution in [3.05, 3.63) is 53.8 Å². The molecule has 184 valence electrons. The minimum absolute atomic E-state index is 0.0667. The number of amides is 3. The number of allylic oxidation sites excluding steroid dienone is 3. The van der Waals surface area contributed by atoms with E-state index in [0.717, 1.165) is 54.0 Å². The molecule has 1 unspecified atom stereocenters. The summed E-state index contributed by atoms with van der Waals surface area (Å²) in [4.78, 5) is 37.3. The van der Waals surface area contributed by atoms with Crippen LogP contribution in [-0.4, -0.2) is 69.9 Å². The molecule has 0 spiro atoms. The number of carbonyl (C=O) groups excluding carboxylic acids is 2. The standard InChI is InChI=1S/C28H34N4O3/c1-3-35-20-11-12-23-21(17-20)22-18-28(2)26(33)31(16-15-30-13-7-8-14-30)27(34)32(28)25(24(22)29-23)19-9-5-4-6-10-19/h4-6,9,11-12,17,19,25,29H,3,7-8,10,13-16,18H2,1-2H3/t19?,25-,28+/m1/s1. The van der Waals surface area contributed by atoms with Crippen LogP contribution >= 0.6 is 0 Å². The number of aromatic amines is 1. The van der Waals surface area contributed by atoms with Crippen LogP contribution in [0.15, 0.2) is 42.5 Å². The average Bonchev–Trinajstić information content (AvgIpc) is 3.55. The maximum atomic E-state index is 13.9. The molecule has 1 aliphatic carbocycles. The lowest BCUT2D eigenvalue weighted by Gasteiger charge is -2.45. The monoisotopic (exact) mass is 474 g/mol. The summed E-state index contributed by atoms with van der Waals surface area (Å²) in [5.74, 6) is 0.864. The van der Waals surface area contributed by atoms with Crippen molar-refractivity contribution in [2.75, 3.05) is 32.8 Å². The Hall–Kier alpha value is -3.06. The van der Waals surface area contributed by atoms with Gasteiger partial charge in [-0.3, -0.25) is 9.69 Å². The minimum Gasteiger partial charge on any atom is -0.494 e. The minimum atomic E-state index is -0.897. The van der Waals surface area contributed by atoms with E-state index in [9.17, 15) is 9.59 Å². The first kappa shape index (κ1) is 22.4. The van der Waals surface area contributed by atoms with Gasteiger partial charge in [0.2, 0.25) is 0 Å². The van der Waals surface area contributed by atoms with Gasteiger partial charge in [-0.1, -0.05) is 24.3 Å². The molecule has 4 aliphatic rings. The highest BCUT2D eigenvalue weighted by atomic mass is 16.5. The van der Waals surface area contributed by atoms with Crippen molar-refractivity contribution in [3.8, 4) is 5.75 Å². The van der Waals surface area contributed by atoms with Gasteiger partial charge in [-0.25, -0.2) is 4.79 Å². The third-order valence-electron chi connectivity index (χ3n) is 8.25. The summed E-state index contributed by atoms with van der Waals surface area (Å²) in [7, 11) is 0. The molecule has 2 saturated heterocycles. The molecule has 0 bridgehead atoms. The number of H-pyrrole nitrogens is 1. The Kier molecular flexibility index (Phi) is 5.48. The molecule has 7 nitrogen and oxygen atoms in total. The second-order valence-electron chi connectivity index (χ2n) is 10.4. The number of urea groups is 1. The van der Waals surface area contributed by atoms with Crippen LogP contribution in [0.25, 0.3) is 10.9 Å². The summed E-state index contributed by atoms with van der Waals surface area (Å²) in [6.07, 6.45) is 12.2. The molecule has 3 atom stereocenters. The maximum absolute atomic E-state index is 13.9. The Labute approximate surface area is 206 Å². The Morgan fingerprint density at radius 3 is 2.71 bits per heavy atom. The molecule has 2 aromatic rings. The molecule has 1 N–H and O–H groups in total. The first-order chi connectivity index (χ1) is 17.0. The number of nitrogens with zero attached hydrogens (tertiary/aromatic N) is 3. The van der Waals surface area contributed by atoms with E-state index in [4.69, 9.17) is 4.74 Å². The first-order valence-electron chi connectivity index (χ1n) is 13.0.